The van der Waals surface area contributed by atoms with Crippen molar-refractivity contribution in [3.8, 4) is 0 Å². The second-order valence-electron chi connectivity index (χ2n) is 3.30. The molecule has 0 saturated carbocycles. The van der Waals surface area contributed by atoms with Crippen molar-refractivity contribution in [1.82, 2.24) is 10.2 Å². The van der Waals surface area contributed by atoms with Gasteiger partial charge in [0, 0.05) is 17.4 Å². The Bertz CT molecular complexity index is 446. The zero-order chi connectivity index (χ0) is 11.2. The van der Waals surface area contributed by atoms with Crippen LogP contribution in [-0.4, -0.2) is 16.2 Å². The Hall–Kier alpha value is -2.30. The average molecular weight is 215 g/mol. The lowest BCUT2D eigenvalue weighted by Crippen LogP contribution is -2.22. The summed E-state index contributed by atoms with van der Waals surface area (Å²) in [5.74, 6) is 0.396. The number of rotatable bonds is 3. The first-order valence-corrected chi connectivity index (χ1v) is 4.94. The molecule has 1 heterocycles. The molecule has 2 rings (SSSR count). The largest absolute Gasteiger partial charge is 0.370 e. The monoisotopic (exact) mass is 215 g/mol. The standard InChI is InChI=1S/C11H13N5/c12-11(13-6-9-7-14-15-8-9)16-10-4-2-1-3-5-10/h1-5,7-8H,6H2,(H,14,15)(H3,12,13,16). The predicted molar refractivity (Wildman–Crippen MR) is 64.0 cm³/mol. The number of aliphatic imine (C=N–C) groups is 1. The minimum Gasteiger partial charge on any atom is -0.370 e. The summed E-state index contributed by atoms with van der Waals surface area (Å²) in [6.45, 7) is 0.516. The second kappa shape index (κ2) is 4.97. The van der Waals surface area contributed by atoms with Gasteiger partial charge in [-0.05, 0) is 12.1 Å². The van der Waals surface area contributed by atoms with Crippen LogP contribution >= 0.6 is 0 Å². The van der Waals surface area contributed by atoms with Crippen molar-refractivity contribution in [2.45, 2.75) is 6.54 Å². The van der Waals surface area contributed by atoms with E-state index >= 15 is 0 Å². The number of H-pyrrole nitrogens is 1. The Labute approximate surface area is 93.4 Å². The molecule has 4 N–H and O–H groups in total. The van der Waals surface area contributed by atoms with Gasteiger partial charge in [-0.25, -0.2) is 4.99 Å². The third kappa shape index (κ3) is 2.84. The van der Waals surface area contributed by atoms with Crippen molar-refractivity contribution in [2.24, 2.45) is 10.7 Å². The first-order valence-electron chi connectivity index (χ1n) is 4.94. The number of benzene rings is 1. The molecule has 16 heavy (non-hydrogen) atoms. The summed E-state index contributed by atoms with van der Waals surface area (Å²) >= 11 is 0. The van der Waals surface area contributed by atoms with Gasteiger partial charge >= 0.3 is 0 Å². The number of anilines is 1. The van der Waals surface area contributed by atoms with Gasteiger partial charge in [-0.1, -0.05) is 18.2 Å². The molecule has 0 bridgehead atoms. The Morgan fingerprint density at radius 1 is 1.38 bits per heavy atom. The van der Waals surface area contributed by atoms with Gasteiger partial charge in [0.25, 0.3) is 0 Å². The number of hydrogen-bond acceptors (Lipinski definition) is 2. The van der Waals surface area contributed by atoms with Crippen LogP contribution in [-0.2, 0) is 6.54 Å². The van der Waals surface area contributed by atoms with Crippen molar-refractivity contribution < 1.29 is 0 Å². The van der Waals surface area contributed by atoms with E-state index in [0.717, 1.165) is 11.3 Å². The summed E-state index contributed by atoms with van der Waals surface area (Å²) in [6, 6.07) is 9.68. The summed E-state index contributed by atoms with van der Waals surface area (Å²) in [6.07, 6.45) is 3.51. The Morgan fingerprint density at radius 3 is 2.88 bits per heavy atom. The van der Waals surface area contributed by atoms with E-state index < -0.39 is 0 Å². The number of guanidine groups is 1. The van der Waals surface area contributed by atoms with E-state index in [9.17, 15) is 0 Å². The molecule has 82 valence electrons. The molecule has 0 saturated heterocycles. The molecular formula is C11H13N5. The number of aromatic amines is 1. The molecule has 0 aliphatic heterocycles. The highest BCUT2D eigenvalue weighted by atomic mass is 15.1. The minimum atomic E-state index is 0.396. The molecule has 0 spiro atoms. The summed E-state index contributed by atoms with van der Waals surface area (Å²) in [4.78, 5) is 4.19. The first kappa shape index (κ1) is 10.2. The topological polar surface area (TPSA) is 79.1 Å². The van der Waals surface area contributed by atoms with E-state index in [1.165, 1.54) is 0 Å². The molecule has 5 nitrogen and oxygen atoms in total. The minimum absolute atomic E-state index is 0.396. The summed E-state index contributed by atoms with van der Waals surface area (Å²) in [5, 5.41) is 9.55. The number of nitrogens with one attached hydrogen (secondary N) is 2. The number of nitrogens with zero attached hydrogens (tertiary/aromatic N) is 2. The van der Waals surface area contributed by atoms with E-state index in [4.69, 9.17) is 5.73 Å². The van der Waals surface area contributed by atoms with E-state index in [1.807, 2.05) is 30.3 Å². The fraction of sp³-hybridized carbons (Fsp3) is 0.0909. The van der Waals surface area contributed by atoms with Gasteiger partial charge < -0.3 is 11.1 Å². The quantitative estimate of drug-likeness (QED) is 0.534. The maximum Gasteiger partial charge on any atom is 0.193 e. The first-order chi connectivity index (χ1) is 7.84. The lowest BCUT2D eigenvalue weighted by atomic mass is 10.3. The summed E-state index contributed by atoms with van der Waals surface area (Å²) in [5.41, 5.74) is 7.66. The van der Waals surface area contributed by atoms with Crippen molar-refractivity contribution in [3.63, 3.8) is 0 Å². The zero-order valence-corrected chi connectivity index (χ0v) is 8.72. The Kier molecular flexibility index (Phi) is 3.18. The van der Waals surface area contributed by atoms with Gasteiger partial charge in [-0.3, -0.25) is 5.10 Å². The van der Waals surface area contributed by atoms with Gasteiger partial charge in [-0.2, -0.15) is 5.10 Å². The predicted octanol–water partition coefficient (Wildman–Crippen LogP) is 1.34. The van der Waals surface area contributed by atoms with Crippen molar-refractivity contribution in [1.29, 1.82) is 0 Å². The highest BCUT2D eigenvalue weighted by Crippen LogP contribution is 2.04. The molecule has 0 fully saturated rings. The van der Waals surface area contributed by atoms with Crippen LogP contribution in [0.3, 0.4) is 0 Å². The highest BCUT2D eigenvalue weighted by Gasteiger charge is 1.95. The molecular weight excluding hydrogens is 202 g/mol. The maximum atomic E-state index is 5.73. The van der Waals surface area contributed by atoms with E-state index in [1.54, 1.807) is 12.4 Å². The third-order valence-electron chi connectivity index (χ3n) is 2.03. The van der Waals surface area contributed by atoms with Gasteiger partial charge in [-0.15, -0.1) is 0 Å². The number of para-hydroxylation sites is 1. The van der Waals surface area contributed by atoms with Crippen LogP contribution in [0.4, 0.5) is 5.69 Å². The van der Waals surface area contributed by atoms with Crippen molar-refractivity contribution >= 4 is 11.6 Å². The molecule has 0 amide bonds. The van der Waals surface area contributed by atoms with Crippen LogP contribution in [0, 0.1) is 0 Å². The third-order valence-corrected chi connectivity index (χ3v) is 2.03. The molecule has 0 atom stereocenters. The smallest absolute Gasteiger partial charge is 0.193 e. The average Bonchev–Trinajstić information content (AvgIpc) is 2.81. The van der Waals surface area contributed by atoms with Crippen LogP contribution in [0.1, 0.15) is 5.56 Å². The molecule has 0 aliphatic carbocycles. The van der Waals surface area contributed by atoms with Crippen molar-refractivity contribution in [2.75, 3.05) is 5.32 Å². The zero-order valence-electron chi connectivity index (χ0n) is 8.72. The van der Waals surface area contributed by atoms with Gasteiger partial charge in [0.15, 0.2) is 5.96 Å². The highest BCUT2D eigenvalue weighted by molar-refractivity contribution is 5.92. The van der Waals surface area contributed by atoms with Gasteiger partial charge in [0.1, 0.15) is 0 Å². The van der Waals surface area contributed by atoms with E-state index in [2.05, 4.69) is 20.5 Å². The molecule has 0 unspecified atom stereocenters. The normalized spacial score (nSPS) is 11.4. The number of aromatic nitrogens is 2. The SMILES string of the molecule is NC(=NCc1cn[nH]c1)Nc1ccccc1. The van der Waals surface area contributed by atoms with Crippen molar-refractivity contribution in [3.05, 3.63) is 48.3 Å². The second-order valence-corrected chi connectivity index (χ2v) is 3.30. The Balaban J connectivity index is 1.93. The fourth-order valence-corrected chi connectivity index (χ4v) is 1.25. The van der Waals surface area contributed by atoms with E-state index in [-0.39, 0.29) is 0 Å². The summed E-state index contributed by atoms with van der Waals surface area (Å²) < 4.78 is 0. The number of hydrogen-bond donors (Lipinski definition) is 3. The van der Waals surface area contributed by atoms with Crippen LogP contribution in [0.5, 0.6) is 0 Å². The maximum absolute atomic E-state index is 5.73. The summed E-state index contributed by atoms with van der Waals surface area (Å²) in [7, 11) is 0. The molecule has 2 aromatic rings. The van der Waals surface area contributed by atoms with Gasteiger partial charge in [0.2, 0.25) is 0 Å². The Morgan fingerprint density at radius 2 is 2.19 bits per heavy atom. The van der Waals surface area contributed by atoms with Crippen LogP contribution in [0.15, 0.2) is 47.7 Å². The van der Waals surface area contributed by atoms with Gasteiger partial charge in [0.05, 0.1) is 12.7 Å². The molecule has 5 heteroatoms. The lowest BCUT2D eigenvalue weighted by Gasteiger charge is -2.04. The van der Waals surface area contributed by atoms with Crippen LogP contribution in [0.2, 0.25) is 0 Å². The van der Waals surface area contributed by atoms with Crippen LogP contribution < -0.4 is 11.1 Å². The van der Waals surface area contributed by atoms with Crippen LogP contribution in [0.25, 0.3) is 0 Å². The number of nitrogens with two attached hydrogens (primary N) is 1. The molecule has 1 aromatic carbocycles. The van der Waals surface area contributed by atoms with E-state index in [0.29, 0.717) is 12.5 Å². The molecule has 0 radical (unpaired) electrons. The molecule has 0 aliphatic rings. The lowest BCUT2D eigenvalue weighted by molar-refractivity contribution is 1.06. The fourth-order valence-electron chi connectivity index (χ4n) is 1.25. The molecule has 1 aromatic heterocycles.